The number of rotatable bonds is 3. The molecule has 8 nitrogen and oxygen atoms in total. The molecule has 1 fully saturated rings. The van der Waals surface area contributed by atoms with Crippen LogP contribution in [0.5, 0.6) is 0 Å². The van der Waals surface area contributed by atoms with Crippen LogP contribution in [0.4, 0.5) is 5.69 Å². The molecule has 0 atom stereocenters. The van der Waals surface area contributed by atoms with Crippen LogP contribution in [-0.4, -0.2) is 30.2 Å². The van der Waals surface area contributed by atoms with Crippen LogP contribution in [0, 0.1) is 6.92 Å². The van der Waals surface area contributed by atoms with E-state index in [0.29, 0.717) is 11.5 Å². The summed E-state index contributed by atoms with van der Waals surface area (Å²) in [7, 11) is 1.74. The second-order valence-electron chi connectivity index (χ2n) is 5.82. The van der Waals surface area contributed by atoms with E-state index in [-0.39, 0.29) is 23.5 Å². The van der Waals surface area contributed by atoms with Gasteiger partial charge in [-0.05, 0) is 38.0 Å². The molecular formula is C15H16N6O2. The van der Waals surface area contributed by atoms with Crippen molar-refractivity contribution in [3.63, 3.8) is 0 Å². The zero-order valence-electron chi connectivity index (χ0n) is 12.8. The van der Waals surface area contributed by atoms with E-state index >= 15 is 0 Å². The number of fused-ring (bicyclic) bond motifs is 1. The molecule has 0 radical (unpaired) electrons. The fourth-order valence-corrected chi connectivity index (χ4v) is 2.64. The van der Waals surface area contributed by atoms with Crippen LogP contribution >= 0.6 is 0 Å². The number of anilines is 1. The maximum atomic E-state index is 12.2. The molecule has 0 spiro atoms. The third kappa shape index (κ3) is 2.32. The van der Waals surface area contributed by atoms with Crippen molar-refractivity contribution in [1.29, 1.82) is 0 Å². The lowest BCUT2D eigenvalue weighted by Crippen LogP contribution is -2.15. The number of nitrogens with zero attached hydrogens (tertiary/aromatic N) is 4. The van der Waals surface area contributed by atoms with Gasteiger partial charge in [0.2, 0.25) is 5.82 Å². The first-order chi connectivity index (χ1) is 11.0. The minimum Gasteiger partial charge on any atom is -0.319 e. The SMILES string of the molecule is Cc1nc(C(=O)Nc2ccc3[nH]c(=O)n(C4CC4)c3c2)nn1C. The molecule has 4 rings (SSSR count). The van der Waals surface area contributed by atoms with Crippen molar-refractivity contribution in [2.45, 2.75) is 25.8 Å². The number of carbonyl (C=O) groups excluding carboxylic acids is 1. The highest BCUT2D eigenvalue weighted by molar-refractivity contribution is 6.02. The average molecular weight is 312 g/mol. The standard InChI is InChI=1S/C15H16N6O2/c1-8-16-13(19-20(8)2)14(22)17-9-3-6-11-12(7-9)21(10-4-5-10)15(23)18-11/h3,6-7,10H,4-5H2,1-2H3,(H,17,22)(H,18,23). The molecule has 2 aromatic heterocycles. The Kier molecular flexibility index (Phi) is 2.87. The van der Waals surface area contributed by atoms with Crippen LogP contribution in [0.3, 0.4) is 0 Å². The number of hydrogen-bond donors (Lipinski definition) is 2. The fourth-order valence-electron chi connectivity index (χ4n) is 2.64. The van der Waals surface area contributed by atoms with E-state index in [1.165, 1.54) is 0 Å². The van der Waals surface area contributed by atoms with E-state index in [4.69, 9.17) is 0 Å². The molecule has 0 saturated heterocycles. The number of imidazole rings is 1. The number of hydrogen-bond acceptors (Lipinski definition) is 4. The molecule has 23 heavy (non-hydrogen) atoms. The minimum absolute atomic E-state index is 0.104. The monoisotopic (exact) mass is 312 g/mol. The molecule has 8 heteroatoms. The lowest BCUT2D eigenvalue weighted by atomic mass is 10.2. The van der Waals surface area contributed by atoms with E-state index in [1.807, 2.05) is 0 Å². The second kappa shape index (κ2) is 4.80. The molecule has 2 heterocycles. The van der Waals surface area contributed by atoms with E-state index in [1.54, 1.807) is 41.4 Å². The summed E-state index contributed by atoms with van der Waals surface area (Å²) in [5.41, 5.74) is 2.08. The average Bonchev–Trinajstić information content (AvgIpc) is 3.20. The number of carbonyl (C=O) groups is 1. The van der Waals surface area contributed by atoms with Gasteiger partial charge in [-0.1, -0.05) is 0 Å². The molecule has 0 aliphatic heterocycles. The van der Waals surface area contributed by atoms with Crippen molar-refractivity contribution in [2.24, 2.45) is 7.05 Å². The highest BCUT2D eigenvalue weighted by atomic mass is 16.2. The van der Waals surface area contributed by atoms with Gasteiger partial charge in [0.1, 0.15) is 5.82 Å². The summed E-state index contributed by atoms with van der Waals surface area (Å²) in [5, 5.41) is 6.84. The number of aryl methyl sites for hydroxylation is 2. The highest BCUT2D eigenvalue weighted by Crippen LogP contribution is 2.36. The van der Waals surface area contributed by atoms with Crippen LogP contribution < -0.4 is 11.0 Å². The van der Waals surface area contributed by atoms with Crippen molar-refractivity contribution in [3.8, 4) is 0 Å². The van der Waals surface area contributed by atoms with Crippen LogP contribution in [0.15, 0.2) is 23.0 Å². The van der Waals surface area contributed by atoms with Crippen LogP contribution in [0.25, 0.3) is 11.0 Å². The van der Waals surface area contributed by atoms with Gasteiger partial charge in [0.25, 0.3) is 5.91 Å². The summed E-state index contributed by atoms with van der Waals surface area (Å²) in [4.78, 5) is 31.2. The number of amides is 1. The summed E-state index contributed by atoms with van der Waals surface area (Å²) in [5.74, 6) is 0.418. The van der Waals surface area contributed by atoms with Gasteiger partial charge in [-0.3, -0.25) is 14.0 Å². The Morgan fingerprint density at radius 3 is 2.83 bits per heavy atom. The lowest BCUT2D eigenvalue weighted by molar-refractivity contribution is 0.101. The predicted molar refractivity (Wildman–Crippen MR) is 84.5 cm³/mol. The first-order valence-corrected chi connectivity index (χ1v) is 7.46. The Balaban J connectivity index is 1.67. The van der Waals surface area contributed by atoms with Crippen molar-refractivity contribution >= 4 is 22.6 Å². The maximum absolute atomic E-state index is 12.2. The van der Waals surface area contributed by atoms with E-state index < -0.39 is 0 Å². The molecule has 1 aromatic carbocycles. The number of benzene rings is 1. The topological polar surface area (TPSA) is 97.6 Å². The normalized spacial score (nSPS) is 14.3. The number of H-pyrrole nitrogens is 1. The van der Waals surface area contributed by atoms with Gasteiger partial charge < -0.3 is 10.3 Å². The quantitative estimate of drug-likeness (QED) is 0.763. The predicted octanol–water partition coefficient (Wildman–Crippen LogP) is 1.35. The van der Waals surface area contributed by atoms with E-state index in [0.717, 1.165) is 23.9 Å². The third-order valence-corrected chi connectivity index (χ3v) is 4.07. The Bertz CT molecular complexity index is 956. The number of nitrogens with one attached hydrogen (secondary N) is 2. The van der Waals surface area contributed by atoms with Crippen molar-refractivity contribution in [1.82, 2.24) is 24.3 Å². The largest absolute Gasteiger partial charge is 0.326 e. The molecule has 1 aliphatic carbocycles. The summed E-state index contributed by atoms with van der Waals surface area (Å²) < 4.78 is 3.31. The van der Waals surface area contributed by atoms with Crippen LogP contribution in [0.2, 0.25) is 0 Å². The highest BCUT2D eigenvalue weighted by Gasteiger charge is 2.27. The van der Waals surface area contributed by atoms with Crippen LogP contribution in [0.1, 0.15) is 35.3 Å². The van der Waals surface area contributed by atoms with Gasteiger partial charge in [0, 0.05) is 18.8 Å². The number of aromatic amines is 1. The molecule has 3 aromatic rings. The first-order valence-electron chi connectivity index (χ1n) is 7.46. The Morgan fingerprint density at radius 2 is 2.17 bits per heavy atom. The minimum atomic E-state index is -0.371. The van der Waals surface area contributed by atoms with Gasteiger partial charge >= 0.3 is 5.69 Å². The Labute approximate surface area is 131 Å². The summed E-state index contributed by atoms with van der Waals surface area (Å²) in [6.45, 7) is 1.78. The lowest BCUT2D eigenvalue weighted by Gasteiger charge is -2.04. The Hall–Kier alpha value is -2.90. The van der Waals surface area contributed by atoms with E-state index in [2.05, 4.69) is 20.4 Å². The zero-order valence-corrected chi connectivity index (χ0v) is 12.8. The number of aromatic nitrogens is 5. The fraction of sp³-hybridized carbons (Fsp3) is 0.333. The molecule has 1 amide bonds. The summed E-state index contributed by atoms with van der Waals surface area (Å²) in [6, 6.07) is 5.62. The molecule has 2 N–H and O–H groups in total. The zero-order chi connectivity index (χ0) is 16.1. The van der Waals surface area contributed by atoms with Gasteiger partial charge in [-0.2, -0.15) is 0 Å². The second-order valence-corrected chi connectivity index (χ2v) is 5.82. The van der Waals surface area contributed by atoms with Crippen LogP contribution in [-0.2, 0) is 7.05 Å². The van der Waals surface area contributed by atoms with Gasteiger partial charge in [0.05, 0.1) is 11.0 Å². The molecule has 0 bridgehead atoms. The van der Waals surface area contributed by atoms with Gasteiger partial charge in [0.15, 0.2) is 0 Å². The third-order valence-electron chi connectivity index (χ3n) is 4.07. The van der Waals surface area contributed by atoms with Gasteiger partial charge in [-0.25, -0.2) is 9.78 Å². The summed E-state index contributed by atoms with van der Waals surface area (Å²) >= 11 is 0. The van der Waals surface area contributed by atoms with E-state index in [9.17, 15) is 9.59 Å². The van der Waals surface area contributed by atoms with Crippen molar-refractivity contribution in [2.75, 3.05) is 5.32 Å². The first kappa shape index (κ1) is 13.7. The molecular weight excluding hydrogens is 296 g/mol. The maximum Gasteiger partial charge on any atom is 0.326 e. The van der Waals surface area contributed by atoms with Crippen molar-refractivity contribution in [3.05, 3.63) is 40.3 Å². The summed E-state index contributed by atoms with van der Waals surface area (Å²) in [6.07, 6.45) is 2.03. The van der Waals surface area contributed by atoms with Crippen molar-refractivity contribution < 1.29 is 4.79 Å². The molecule has 0 unspecified atom stereocenters. The smallest absolute Gasteiger partial charge is 0.319 e. The Morgan fingerprint density at radius 1 is 1.39 bits per heavy atom. The molecule has 1 saturated carbocycles. The molecule has 118 valence electrons. The molecule has 1 aliphatic rings. The van der Waals surface area contributed by atoms with Gasteiger partial charge in [-0.15, -0.1) is 5.10 Å².